The maximum Gasteiger partial charge on any atom is 0.259 e. The highest BCUT2D eigenvalue weighted by molar-refractivity contribution is 7.89. The Kier molecular flexibility index (Phi) is 4.92. The van der Waals surface area contributed by atoms with Crippen LogP contribution in [-0.2, 0) is 10.0 Å². The molecule has 3 aromatic rings. The van der Waals surface area contributed by atoms with Gasteiger partial charge in [-0.15, -0.1) is 0 Å². The summed E-state index contributed by atoms with van der Waals surface area (Å²) in [7, 11) is -1.10. The van der Waals surface area contributed by atoms with Crippen LogP contribution in [0.1, 0.15) is 15.9 Å². The van der Waals surface area contributed by atoms with Gasteiger partial charge in [0.25, 0.3) is 5.91 Å². The lowest BCUT2D eigenvalue weighted by atomic mass is 10.1. The van der Waals surface area contributed by atoms with E-state index in [-0.39, 0.29) is 22.0 Å². The number of ether oxygens (including phenoxy) is 2. The van der Waals surface area contributed by atoms with Gasteiger partial charge in [-0.3, -0.25) is 9.78 Å². The SMILES string of the molecule is Cc1ccc2c(c1)NC(=O)c1cc(S(=O)(=O)N(C)C)c(Oc3cccnc3)cc1O2. The minimum atomic E-state index is -3.92. The molecule has 1 amide bonds. The average molecular weight is 425 g/mol. The number of aromatic nitrogens is 1. The summed E-state index contributed by atoms with van der Waals surface area (Å²) in [6, 6.07) is 11.4. The minimum Gasteiger partial charge on any atom is -0.454 e. The lowest BCUT2D eigenvalue weighted by Crippen LogP contribution is -2.23. The first-order valence-electron chi connectivity index (χ1n) is 9.04. The van der Waals surface area contributed by atoms with Crippen molar-refractivity contribution in [1.82, 2.24) is 9.29 Å². The van der Waals surface area contributed by atoms with Gasteiger partial charge in [0, 0.05) is 26.4 Å². The van der Waals surface area contributed by atoms with Crippen LogP contribution in [0.25, 0.3) is 0 Å². The van der Waals surface area contributed by atoms with Gasteiger partial charge in [0.05, 0.1) is 17.4 Å². The fourth-order valence-electron chi connectivity index (χ4n) is 2.95. The van der Waals surface area contributed by atoms with E-state index in [1.165, 1.54) is 32.4 Å². The molecule has 0 spiro atoms. The van der Waals surface area contributed by atoms with Crippen LogP contribution in [0.4, 0.5) is 5.69 Å². The number of amides is 1. The van der Waals surface area contributed by atoms with Crippen molar-refractivity contribution in [2.24, 2.45) is 0 Å². The number of benzene rings is 2. The second-order valence-corrected chi connectivity index (χ2v) is 9.05. The zero-order chi connectivity index (χ0) is 21.5. The second-order valence-electron chi connectivity index (χ2n) is 6.93. The van der Waals surface area contributed by atoms with Gasteiger partial charge in [-0.05, 0) is 42.8 Å². The third-order valence-electron chi connectivity index (χ3n) is 4.51. The van der Waals surface area contributed by atoms with Crippen LogP contribution in [0, 0.1) is 6.92 Å². The van der Waals surface area contributed by atoms with Crippen molar-refractivity contribution in [2.75, 3.05) is 19.4 Å². The van der Waals surface area contributed by atoms with Crippen LogP contribution in [0.2, 0.25) is 0 Å². The van der Waals surface area contributed by atoms with E-state index < -0.39 is 15.9 Å². The van der Waals surface area contributed by atoms with Gasteiger partial charge in [-0.2, -0.15) is 0 Å². The van der Waals surface area contributed by atoms with Gasteiger partial charge in [0.15, 0.2) is 11.5 Å². The van der Waals surface area contributed by atoms with E-state index in [4.69, 9.17) is 9.47 Å². The number of hydrogen-bond donors (Lipinski definition) is 1. The highest BCUT2D eigenvalue weighted by Gasteiger charge is 2.29. The van der Waals surface area contributed by atoms with E-state index in [9.17, 15) is 13.2 Å². The summed E-state index contributed by atoms with van der Waals surface area (Å²) in [5.74, 6) is 0.535. The molecule has 0 atom stereocenters. The van der Waals surface area contributed by atoms with Crippen LogP contribution in [0.15, 0.2) is 59.8 Å². The zero-order valence-corrected chi connectivity index (χ0v) is 17.4. The Balaban J connectivity index is 1.90. The Labute approximate surface area is 174 Å². The monoisotopic (exact) mass is 425 g/mol. The van der Waals surface area contributed by atoms with Gasteiger partial charge in [-0.1, -0.05) is 6.07 Å². The number of anilines is 1. The number of rotatable bonds is 4. The first-order valence-corrected chi connectivity index (χ1v) is 10.5. The normalized spacial score (nSPS) is 13.0. The van der Waals surface area contributed by atoms with Crippen molar-refractivity contribution in [1.29, 1.82) is 0 Å². The summed E-state index contributed by atoms with van der Waals surface area (Å²) >= 11 is 0. The number of sulfonamides is 1. The smallest absolute Gasteiger partial charge is 0.259 e. The number of nitrogens with one attached hydrogen (secondary N) is 1. The van der Waals surface area contributed by atoms with E-state index in [1.54, 1.807) is 30.5 Å². The van der Waals surface area contributed by atoms with Gasteiger partial charge < -0.3 is 14.8 Å². The lowest BCUT2D eigenvalue weighted by molar-refractivity contribution is 0.102. The van der Waals surface area contributed by atoms with Gasteiger partial charge in [0.1, 0.15) is 16.4 Å². The van der Waals surface area contributed by atoms with Gasteiger partial charge in [0.2, 0.25) is 10.0 Å². The van der Waals surface area contributed by atoms with Crippen molar-refractivity contribution >= 4 is 21.6 Å². The number of carbonyl (C=O) groups is 1. The van der Waals surface area contributed by atoms with Crippen molar-refractivity contribution in [3.05, 3.63) is 66.0 Å². The highest BCUT2D eigenvalue weighted by Crippen LogP contribution is 2.41. The van der Waals surface area contributed by atoms with E-state index in [0.717, 1.165) is 9.87 Å². The maximum atomic E-state index is 12.9. The molecule has 4 rings (SSSR count). The molecule has 0 saturated heterocycles. The van der Waals surface area contributed by atoms with E-state index >= 15 is 0 Å². The van der Waals surface area contributed by atoms with Crippen LogP contribution < -0.4 is 14.8 Å². The molecule has 1 N–H and O–H groups in total. The summed E-state index contributed by atoms with van der Waals surface area (Å²) in [5.41, 5.74) is 1.53. The Hall–Kier alpha value is -3.43. The Morgan fingerprint density at radius 1 is 1.10 bits per heavy atom. The molecule has 2 heterocycles. The molecule has 154 valence electrons. The molecule has 0 radical (unpaired) electrons. The minimum absolute atomic E-state index is 0.0267. The average Bonchev–Trinajstić information content (AvgIpc) is 2.83. The van der Waals surface area contributed by atoms with Crippen LogP contribution in [0.5, 0.6) is 23.0 Å². The molecule has 0 unspecified atom stereocenters. The first kappa shape index (κ1) is 19.9. The third-order valence-corrected chi connectivity index (χ3v) is 6.35. The fraction of sp³-hybridized carbons (Fsp3) is 0.143. The quantitative estimate of drug-likeness (QED) is 0.683. The van der Waals surface area contributed by atoms with Crippen molar-refractivity contribution in [3.63, 3.8) is 0 Å². The standard InChI is InChI=1S/C21H19N3O5S/c1-13-6-7-17-16(9-13)23-21(25)15-10-20(30(26,27)24(2)3)19(11-18(15)29-17)28-14-5-4-8-22-12-14/h4-12H,1-3H3,(H,23,25). The third kappa shape index (κ3) is 3.60. The summed E-state index contributed by atoms with van der Waals surface area (Å²) in [6.07, 6.45) is 3.04. The molecular formula is C21H19N3O5S. The molecule has 1 aliphatic heterocycles. The van der Waals surface area contributed by atoms with E-state index in [0.29, 0.717) is 17.2 Å². The molecule has 0 fully saturated rings. The Morgan fingerprint density at radius 3 is 2.60 bits per heavy atom. The van der Waals surface area contributed by atoms with Gasteiger partial charge in [-0.25, -0.2) is 12.7 Å². The molecule has 9 heteroatoms. The fourth-order valence-corrected chi connectivity index (χ4v) is 3.97. The molecule has 1 aliphatic rings. The summed E-state index contributed by atoms with van der Waals surface area (Å²) < 4.78 is 38.7. The number of fused-ring (bicyclic) bond motifs is 2. The summed E-state index contributed by atoms with van der Waals surface area (Å²) in [6.45, 7) is 1.89. The molecule has 8 nitrogen and oxygen atoms in total. The number of hydrogen-bond acceptors (Lipinski definition) is 6. The Bertz CT molecular complexity index is 1240. The maximum absolute atomic E-state index is 12.9. The number of aryl methyl sites for hydroxylation is 1. The molecule has 1 aromatic heterocycles. The number of pyridine rings is 1. The first-order chi connectivity index (χ1) is 14.3. The second kappa shape index (κ2) is 7.43. The number of nitrogens with zero attached hydrogens (tertiary/aromatic N) is 2. The predicted molar refractivity (Wildman–Crippen MR) is 111 cm³/mol. The summed E-state index contributed by atoms with van der Waals surface area (Å²) in [4.78, 5) is 16.7. The van der Waals surface area contributed by atoms with Crippen molar-refractivity contribution in [3.8, 4) is 23.0 Å². The predicted octanol–water partition coefficient (Wildman–Crippen LogP) is 3.79. The van der Waals surface area contributed by atoms with Crippen molar-refractivity contribution in [2.45, 2.75) is 11.8 Å². The van der Waals surface area contributed by atoms with Crippen LogP contribution >= 0.6 is 0 Å². The topological polar surface area (TPSA) is 97.8 Å². The zero-order valence-electron chi connectivity index (χ0n) is 16.5. The molecule has 0 bridgehead atoms. The molecule has 0 saturated carbocycles. The number of carbonyl (C=O) groups excluding carboxylic acids is 1. The highest BCUT2D eigenvalue weighted by atomic mass is 32.2. The molecule has 2 aromatic carbocycles. The summed E-state index contributed by atoms with van der Waals surface area (Å²) in [5, 5.41) is 2.77. The molecule has 0 aliphatic carbocycles. The van der Waals surface area contributed by atoms with Crippen molar-refractivity contribution < 1.29 is 22.7 Å². The largest absolute Gasteiger partial charge is 0.454 e. The lowest BCUT2D eigenvalue weighted by Gasteiger charge is -2.18. The van der Waals surface area contributed by atoms with Crippen LogP contribution in [-0.4, -0.2) is 37.7 Å². The Morgan fingerprint density at radius 2 is 1.90 bits per heavy atom. The molecular weight excluding hydrogens is 406 g/mol. The molecule has 30 heavy (non-hydrogen) atoms. The van der Waals surface area contributed by atoms with Crippen LogP contribution in [0.3, 0.4) is 0 Å². The van der Waals surface area contributed by atoms with Gasteiger partial charge >= 0.3 is 0 Å². The van der Waals surface area contributed by atoms with E-state index in [2.05, 4.69) is 10.3 Å². The van der Waals surface area contributed by atoms with E-state index in [1.807, 2.05) is 13.0 Å².